The molecule has 0 bridgehead atoms. The van der Waals surface area contributed by atoms with Gasteiger partial charge >= 0.3 is 0 Å². The first-order valence-corrected chi connectivity index (χ1v) is 6.28. The Balaban J connectivity index is 2.06. The van der Waals surface area contributed by atoms with Crippen molar-refractivity contribution in [2.24, 2.45) is 0 Å². The molecule has 17 heavy (non-hydrogen) atoms. The van der Waals surface area contributed by atoms with Gasteiger partial charge in [0.15, 0.2) is 0 Å². The summed E-state index contributed by atoms with van der Waals surface area (Å²) in [6, 6.07) is 8.38. The summed E-state index contributed by atoms with van der Waals surface area (Å²) in [7, 11) is 2.12. The monoisotopic (exact) mass is 230 g/mol. The summed E-state index contributed by atoms with van der Waals surface area (Å²) in [6.45, 7) is 2.69. The van der Waals surface area contributed by atoms with Crippen LogP contribution >= 0.6 is 0 Å². The predicted octanol–water partition coefficient (Wildman–Crippen LogP) is 1.28. The molecule has 1 fully saturated rings. The highest BCUT2D eigenvalue weighted by Crippen LogP contribution is 2.39. The van der Waals surface area contributed by atoms with Crippen molar-refractivity contribution in [2.75, 3.05) is 20.1 Å². The van der Waals surface area contributed by atoms with Gasteiger partial charge in [0, 0.05) is 6.54 Å². The average Bonchev–Trinajstić information content (AvgIpc) is 2.37. The van der Waals surface area contributed by atoms with Crippen LogP contribution in [-0.4, -0.2) is 30.9 Å². The van der Waals surface area contributed by atoms with Gasteiger partial charge in [-0.15, -0.1) is 0 Å². The molecule has 3 heteroatoms. The lowest BCUT2D eigenvalue weighted by atomic mass is 9.69. The van der Waals surface area contributed by atoms with Crippen molar-refractivity contribution in [3.8, 4) is 0 Å². The molecular formula is C14H18N2O. The molecule has 1 aromatic carbocycles. The first kappa shape index (κ1) is 10.8. The molecule has 2 aliphatic rings. The zero-order valence-electron chi connectivity index (χ0n) is 10.2. The normalized spacial score (nSPS) is 23.2. The summed E-state index contributed by atoms with van der Waals surface area (Å²) in [5, 5.41) is 3.06. The van der Waals surface area contributed by atoms with Crippen molar-refractivity contribution in [1.82, 2.24) is 10.2 Å². The third-order valence-electron chi connectivity index (χ3n) is 4.25. The van der Waals surface area contributed by atoms with Gasteiger partial charge in [-0.2, -0.15) is 0 Å². The molecule has 0 aliphatic carbocycles. The number of nitrogens with zero attached hydrogens (tertiary/aromatic N) is 1. The maximum atomic E-state index is 12.3. The zero-order chi connectivity index (χ0) is 11.9. The molecule has 1 N–H and O–H groups in total. The molecule has 0 saturated carbocycles. The number of carbonyl (C=O) groups is 1. The van der Waals surface area contributed by atoms with E-state index in [2.05, 4.69) is 41.5 Å². The average molecular weight is 230 g/mol. The van der Waals surface area contributed by atoms with E-state index in [9.17, 15) is 4.79 Å². The van der Waals surface area contributed by atoms with Gasteiger partial charge < -0.3 is 10.2 Å². The zero-order valence-corrected chi connectivity index (χ0v) is 10.2. The van der Waals surface area contributed by atoms with Gasteiger partial charge in [0.25, 0.3) is 0 Å². The van der Waals surface area contributed by atoms with E-state index >= 15 is 0 Å². The number of amides is 1. The van der Waals surface area contributed by atoms with Gasteiger partial charge in [0.05, 0.1) is 5.41 Å². The maximum absolute atomic E-state index is 12.3. The predicted molar refractivity (Wildman–Crippen MR) is 66.7 cm³/mol. The molecule has 1 aromatic rings. The quantitative estimate of drug-likeness (QED) is 0.728. The summed E-state index contributed by atoms with van der Waals surface area (Å²) in [6.07, 6.45) is 1.87. The Labute approximate surface area is 102 Å². The highest BCUT2D eigenvalue weighted by molar-refractivity contribution is 5.90. The van der Waals surface area contributed by atoms with Crippen molar-refractivity contribution in [2.45, 2.75) is 24.8 Å². The van der Waals surface area contributed by atoms with E-state index in [-0.39, 0.29) is 11.3 Å². The number of hydrogen-bond acceptors (Lipinski definition) is 2. The molecule has 2 heterocycles. The maximum Gasteiger partial charge on any atom is 0.231 e. The number of carbonyl (C=O) groups excluding carboxylic acids is 1. The number of piperidine rings is 1. The van der Waals surface area contributed by atoms with Crippen LogP contribution in [0.5, 0.6) is 0 Å². The number of nitrogens with one attached hydrogen (secondary N) is 1. The third-order valence-corrected chi connectivity index (χ3v) is 4.25. The van der Waals surface area contributed by atoms with Crippen LogP contribution in [-0.2, 0) is 16.8 Å². The Morgan fingerprint density at radius 1 is 1.24 bits per heavy atom. The van der Waals surface area contributed by atoms with Crippen LogP contribution in [0.4, 0.5) is 0 Å². The van der Waals surface area contributed by atoms with Crippen LogP contribution in [0.2, 0.25) is 0 Å². The Kier molecular flexibility index (Phi) is 2.44. The van der Waals surface area contributed by atoms with E-state index in [0.29, 0.717) is 6.54 Å². The van der Waals surface area contributed by atoms with Crippen LogP contribution < -0.4 is 5.32 Å². The summed E-state index contributed by atoms with van der Waals surface area (Å²) in [5.74, 6) is 0.226. The van der Waals surface area contributed by atoms with Crippen molar-refractivity contribution in [1.29, 1.82) is 0 Å². The molecule has 1 spiro atoms. The SMILES string of the molecule is CN1CCC2(CC1)C(=O)NCc1ccccc12. The third kappa shape index (κ3) is 1.57. The fourth-order valence-electron chi connectivity index (χ4n) is 3.10. The second-order valence-electron chi connectivity index (χ2n) is 5.23. The largest absolute Gasteiger partial charge is 0.351 e. The Morgan fingerprint density at radius 2 is 1.94 bits per heavy atom. The van der Waals surface area contributed by atoms with Crippen LogP contribution in [0.1, 0.15) is 24.0 Å². The number of benzene rings is 1. The smallest absolute Gasteiger partial charge is 0.231 e. The molecule has 1 saturated heterocycles. The van der Waals surface area contributed by atoms with E-state index in [1.165, 1.54) is 11.1 Å². The van der Waals surface area contributed by atoms with E-state index in [0.717, 1.165) is 25.9 Å². The van der Waals surface area contributed by atoms with E-state index in [1.54, 1.807) is 0 Å². The van der Waals surface area contributed by atoms with Gasteiger partial charge in [-0.1, -0.05) is 24.3 Å². The van der Waals surface area contributed by atoms with Crippen molar-refractivity contribution >= 4 is 5.91 Å². The minimum atomic E-state index is -0.263. The molecule has 0 aromatic heterocycles. The standard InChI is InChI=1S/C14H18N2O/c1-16-8-6-14(7-9-16)12-5-3-2-4-11(12)10-15-13(14)17/h2-5H,6-10H2,1H3,(H,15,17). The summed E-state index contributed by atoms with van der Waals surface area (Å²) >= 11 is 0. The van der Waals surface area contributed by atoms with Crippen LogP contribution in [0.15, 0.2) is 24.3 Å². The first-order chi connectivity index (χ1) is 8.22. The van der Waals surface area contributed by atoms with Gasteiger partial charge in [-0.05, 0) is 44.1 Å². The molecule has 90 valence electrons. The van der Waals surface area contributed by atoms with Crippen molar-refractivity contribution in [3.63, 3.8) is 0 Å². The molecule has 3 rings (SSSR count). The molecule has 0 radical (unpaired) electrons. The minimum absolute atomic E-state index is 0.226. The van der Waals surface area contributed by atoms with Crippen LogP contribution in [0.25, 0.3) is 0 Å². The molecule has 2 aliphatic heterocycles. The Hall–Kier alpha value is -1.35. The first-order valence-electron chi connectivity index (χ1n) is 6.28. The van der Waals surface area contributed by atoms with E-state index in [4.69, 9.17) is 0 Å². The number of fused-ring (bicyclic) bond motifs is 2. The lowest BCUT2D eigenvalue weighted by Crippen LogP contribution is -2.53. The van der Waals surface area contributed by atoms with E-state index in [1.807, 2.05) is 0 Å². The number of likely N-dealkylation sites (tertiary alicyclic amines) is 1. The fourth-order valence-corrected chi connectivity index (χ4v) is 3.10. The Bertz CT molecular complexity index is 447. The molecule has 0 atom stereocenters. The highest BCUT2D eigenvalue weighted by Gasteiger charge is 2.45. The molecular weight excluding hydrogens is 212 g/mol. The Morgan fingerprint density at radius 3 is 2.71 bits per heavy atom. The minimum Gasteiger partial charge on any atom is -0.351 e. The molecule has 3 nitrogen and oxygen atoms in total. The van der Waals surface area contributed by atoms with Crippen molar-refractivity contribution in [3.05, 3.63) is 35.4 Å². The van der Waals surface area contributed by atoms with Crippen LogP contribution in [0, 0.1) is 0 Å². The summed E-state index contributed by atoms with van der Waals surface area (Å²) in [4.78, 5) is 14.6. The molecule has 0 unspecified atom stereocenters. The topological polar surface area (TPSA) is 32.3 Å². The van der Waals surface area contributed by atoms with Gasteiger partial charge in [0.1, 0.15) is 0 Å². The highest BCUT2D eigenvalue weighted by atomic mass is 16.2. The summed E-state index contributed by atoms with van der Waals surface area (Å²) < 4.78 is 0. The van der Waals surface area contributed by atoms with Crippen molar-refractivity contribution < 1.29 is 4.79 Å². The van der Waals surface area contributed by atoms with Crippen LogP contribution in [0.3, 0.4) is 0 Å². The van der Waals surface area contributed by atoms with Gasteiger partial charge in [-0.25, -0.2) is 0 Å². The fraction of sp³-hybridized carbons (Fsp3) is 0.500. The number of rotatable bonds is 0. The lowest BCUT2D eigenvalue weighted by molar-refractivity contribution is -0.129. The number of hydrogen-bond donors (Lipinski definition) is 1. The van der Waals surface area contributed by atoms with E-state index < -0.39 is 0 Å². The lowest BCUT2D eigenvalue weighted by Gasteiger charge is -2.43. The molecule has 1 amide bonds. The van der Waals surface area contributed by atoms with Gasteiger partial charge in [-0.3, -0.25) is 4.79 Å². The summed E-state index contributed by atoms with van der Waals surface area (Å²) in [5.41, 5.74) is 2.29. The second-order valence-corrected chi connectivity index (χ2v) is 5.23. The second kappa shape index (κ2) is 3.84. The van der Waals surface area contributed by atoms with Gasteiger partial charge in [0.2, 0.25) is 5.91 Å².